The van der Waals surface area contributed by atoms with Crippen LogP contribution < -0.4 is 15.2 Å². The van der Waals surface area contributed by atoms with Crippen LogP contribution in [0.3, 0.4) is 0 Å². The zero-order chi connectivity index (χ0) is 30.1. The van der Waals surface area contributed by atoms with Gasteiger partial charge in [-0.15, -0.1) is 0 Å². The van der Waals surface area contributed by atoms with Crippen molar-refractivity contribution >= 4 is 22.9 Å². The molecule has 0 aliphatic rings. The molecule has 5 rings (SSSR count). The first kappa shape index (κ1) is 28.1. The van der Waals surface area contributed by atoms with Gasteiger partial charge in [-0.2, -0.15) is 0 Å². The second-order valence-corrected chi connectivity index (χ2v) is 9.49. The maximum atomic E-state index is 15.3. The number of fused-ring (bicyclic) bond motifs is 1. The van der Waals surface area contributed by atoms with E-state index in [1.54, 1.807) is 36.7 Å². The summed E-state index contributed by atoms with van der Waals surface area (Å²) in [4.78, 5) is 35.8. The Morgan fingerprint density at radius 1 is 1.00 bits per heavy atom. The lowest BCUT2D eigenvalue weighted by atomic mass is 10.0. The molecule has 3 heterocycles. The lowest BCUT2D eigenvalue weighted by Crippen LogP contribution is -2.14. The number of amides is 1. The molecule has 0 aliphatic carbocycles. The molecule has 0 fully saturated rings. The number of hydrogen-bond acceptors (Lipinski definition) is 7. The highest BCUT2D eigenvalue weighted by Gasteiger charge is 2.19. The normalized spacial score (nSPS) is 11.1. The first-order valence-electron chi connectivity index (χ1n) is 12.7. The van der Waals surface area contributed by atoms with Crippen LogP contribution in [0.2, 0.25) is 0 Å². The van der Waals surface area contributed by atoms with Crippen molar-refractivity contribution in [1.82, 2.24) is 19.5 Å². The van der Waals surface area contributed by atoms with Crippen LogP contribution in [0, 0.1) is 18.6 Å². The zero-order valence-corrected chi connectivity index (χ0v) is 22.8. The van der Waals surface area contributed by atoms with E-state index in [0.717, 1.165) is 12.1 Å². The van der Waals surface area contributed by atoms with Crippen molar-refractivity contribution in [3.05, 3.63) is 100 Å². The Bertz CT molecular complexity index is 1870. The van der Waals surface area contributed by atoms with Crippen molar-refractivity contribution in [1.29, 1.82) is 0 Å². The molecule has 42 heavy (non-hydrogen) atoms. The molecule has 0 saturated carbocycles. The number of aromatic nitrogens is 4. The van der Waals surface area contributed by atoms with Gasteiger partial charge >= 0.3 is 5.97 Å². The fourth-order valence-corrected chi connectivity index (χ4v) is 4.51. The van der Waals surface area contributed by atoms with Gasteiger partial charge < -0.3 is 24.9 Å². The smallest absolute Gasteiger partial charge is 0.335 e. The average molecular weight is 574 g/mol. The Morgan fingerprint density at radius 3 is 2.48 bits per heavy atom. The minimum atomic E-state index is -1.13. The van der Waals surface area contributed by atoms with Crippen LogP contribution in [0.5, 0.6) is 11.6 Å². The summed E-state index contributed by atoms with van der Waals surface area (Å²) in [5, 5.41) is 9.41. The number of primary amides is 1. The number of nitrogens with zero attached hydrogens (tertiary/aromatic N) is 4. The summed E-state index contributed by atoms with van der Waals surface area (Å²) in [5.74, 6) is -2.29. The van der Waals surface area contributed by atoms with E-state index >= 15 is 8.78 Å². The molecular formula is C30H25F2N5O5. The molecule has 10 nitrogen and oxygen atoms in total. The van der Waals surface area contributed by atoms with Gasteiger partial charge in [-0.05, 0) is 48.9 Å². The van der Waals surface area contributed by atoms with Crippen LogP contribution in [0.25, 0.3) is 22.3 Å². The SMILES string of the molecule is COc1cc(C(=O)O)cc2c1nc(Cc1cc(F)c(-c3cccc(OCc4ccc(C(N)=O)nc4C)n3)cc1F)n2C. The number of ether oxygens (including phenoxy) is 2. The molecule has 0 aliphatic heterocycles. The summed E-state index contributed by atoms with van der Waals surface area (Å²) in [7, 11) is 3.06. The molecule has 3 N–H and O–H groups in total. The lowest BCUT2D eigenvalue weighted by molar-refractivity contribution is 0.0696. The number of carbonyl (C=O) groups excluding carboxylic acids is 1. The first-order valence-corrected chi connectivity index (χ1v) is 12.7. The van der Waals surface area contributed by atoms with Crippen molar-refractivity contribution in [2.75, 3.05) is 7.11 Å². The molecule has 0 atom stereocenters. The van der Waals surface area contributed by atoms with E-state index in [9.17, 15) is 14.7 Å². The molecule has 214 valence electrons. The van der Waals surface area contributed by atoms with E-state index < -0.39 is 23.5 Å². The predicted octanol–water partition coefficient (Wildman–Crippen LogP) is 4.59. The third-order valence-electron chi connectivity index (χ3n) is 6.82. The highest BCUT2D eigenvalue weighted by molar-refractivity contribution is 5.95. The number of carbonyl (C=O) groups is 2. The molecule has 12 heteroatoms. The highest BCUT2D eigenvalue weighted by atomic mass is 19.1. The molecule has 1 amide bonds. The topological polar surface area (TPSA) is 142 Å². The number of benzene rings is 2. The molecule has 3 aromatic heterocycles. The number of rotatable bonds is 9. The highest BCUT2D eigenvalue weighted by Crippen LogP contribution is 2.30. The van der Waals surface area contributed by atoms with Crippen molar-refractivity contribution < 1.29 is 33.0 Å². The van der Waals surface area contributed by atoms with Gasteiger partial charge in [0.25, 0.3) is 5.91 Å². The maximum Gasteiger partial charge on any atom is 0.335 e. The number of nitrogens with two attached hydrogens (primary N) is 1. The summed E-state index contributed by atoms with van der Waals surface area (Å²) >= 11 is 0. The average Bonchev–Trinajstić information content (AvgIpc) is 3.28. The number of aromatic carboxylic acids is 1. The zero-order valence-electron chi connectivity index (χ0n) is 22.8. The quantitative estimate of drug-likeness (QED) is 0.261. The van der Waals surface area contributed by atoms with Crippen LogP contribution >= 0.6 is 0 Å². The summed E-state index contributed by atoms with van der Waals surface area (Å²) in [6.45, 7) is 1.80. The molecule has 0 saturated heterocycles. The molecular weight excluding hydrogens is 548 g/mol. The van der Waals surface area contributed by atoms with Gasteiger partial charge in [0.15, 0.2) is 0 Å². The molecule has 0 radical (unpaired) electrons. The Hall–Kier alpha value is -5.39. The fraction of sp³-hybridized carbons (Fsp3) is 0.167. The Morgan fingerprint density at radius 2 is 1.79 bits per heavy atom. The second kappa shape index (κ2) is 11.2. The van der Waals surface area contributed by atoms with Crippen LogP contribution in [-0.4, -0.2) is 43.6 Å². The summed E-state index contributed by atoms with van der Waals surface area (Å²) < 4.78 is 43.3. The van der Waals surface area contributed by atoms with Gasteiger partial charge in [0.2, 0.25) is 5.88 Å². The van der Waals surface area contributed by atoms with E-state index in [1.165, 1.54) is 31.4 Å². The standard InChI is InChI=1S/C30H25F2N5O5/c1-15-16(7-8-23(34-15)29(33)38)14-42-27-6-4-5-22(35-27)19-13-20(31)17(9-21(19)32)12-26-36-28-24(37(26)2)10-18(30(39)40)11-25(28)41-3/h4-11,13H,12,14H2,1-3H3,(H2,33,38)(H,39,40). The maximum absolute atomic E-state index is 15.3. The first-order chi connectivity index (χ1) is 20.0. The van der Waals surface area contributed by atoms with E-state index in [0.29, 0.717) is 28.1 Å². The van der Waals surface area contributed by atoms with Crippen LogP contribution in [0.4, 0.5) is 8.78 Å². The van der Waals surface area contributed by atoms with Crippen molar-refractivity contribution in [2.45, 2.75) is 20.0 Å². The largest absolute Gasteiger partial charge is 0.494 e. The minimum absolute atomic E-state index is 0.0157. The molecule has 0 spiro atoms. The Kier molecular flexibility index (Phi) is 7.53. The number of pyridine rings is 2. The number of hydrogen-bond donors (Lipinski definition) is 2. The third-order valence-corrected chi connectivity index (χ3v) is 6.82. The third kappa shape index (κ3) is 5.46. The number of aryl methyl sites for hydroxylation is 2. The predicted molar refractivity (Wildman–Crippen MR) is 148 cm³/mol. The van der Waals surface area contributed by atoms with Gasteiger partial charge in [0.1, 0.15) is 41.0 Å². The van der Waals surface area contributed by atoms with Gasteiger partial charge in [0.05, 0.1) is 23.9 Å². The molecule has 0 bridgehead atoms. The van der Waals surface area contributed by atoms with E-state index in [4.69, 9.17) is 15.2 Å². The van der Waals surface area contributed by atoms with Crippen LogP contribution in [-0.2, 0) is 20.1 Å². The fourth-order valence-electron chi connectivity index (χ4n) is 4.51. The monoisotopic (exact) mass is 573 g/mol. The van der Waals surface area contributed by atoms with Crippen molar-refractivity contribution in [2.24, 2.45) is 12.8 Å². The number of carboxylic acids is 1. The van der Waals surface area contributed by atoms with E-state index in [2.05, 4.69) is 15.0 Å². The van der Waals surface area contributed by atoms with Crippen LogP contribution in [0.1, 0.15) is 43.5 Å². The molecule has 5 aromatic rings. The number of carboxylic acid groups (broad SMARTS) is 1. The summed E-state index contributed by atoms with van der Waals surface area (Å²) in [6.07, 6.45) is -0.0573. The number of halogens is 2. The van der Waals surface area contributed by atoms with Gasteiger partial charge in [-0.1, -0.05) is 12.1 Å². The molecule has 2 aromatic carbocycles. The summed E-state index contributed by atoms with van der Waals surface area (Å²) in [6, 6.07) is 12.9. The van der Waals surface area contributed by atoms with E-state index in [-0.39, 0.29) is 52.7 Å². The second-order valence-electron chi connectivity index (χ2n) is 9.49. The Labute approximate surface area is 238 Å². The Balaban J connectivity index is 1.39. The van der Waals surface area contributed by atoms with Crippen molar-refractivity contribution in [3.63, 3.8) is 0 Å². The van der Waals surface area contributed by atoms with Crippen molar-refractivity contribution in [3.8, 4) is 22.9 Å². The van der Waals surface area contributed by atoms with Gasteiger partial charge in [-0.25, -0.2) is 28.5 Å². The number of methoxy groups -OCH3 is 1. The van der Waals surface area contributed by atoms with Gasteiger partial charge in [0, 0.05) is 36.4 Å². The lowest BCUT2D eigenvalue weighted by Gasteiger charge is -2.11. The number of imidazole rings is 1. The molecule has 0 unspecified atom stereocenters. The summed E-state index contributed by atoms with van der Waals surface area (Å²) in [5.41, 5.74) is 7.75. The van der Waals surface area contributed by atoms with Gasteiger partial charge in [-0.3, -0.25) is 4.79 Å². The minimum Gasteiger partial charge on any atom is -0.494 e. The van der Waals surface area contributed by atoms with Crippen LogP contribution in [0.15, 0.2) is 54.6 Å². The van der Waals surface area contributed by atoms with E-state index in [1.807, 2.05) is 0 Å².